The van der Waals surface area contributed by atoms with E-state index in [2.05, 4.69) is 0 Å². The molecule has 0 bridgehead atoms. The molecule has 2 rings (SSSR count). The van der Waals surface area contributed by atoms with Crippen molar-refractivity contribution in [3.05, 3.63) is 35.9 Å². The van der Waals surface area contributed by atoms with Gasteiger partial charge in [0.15, 0.2) is 0 Å². The quantitative estimate of drug-likeness (QED) is 0.339. The van der Waals surface area contributed by atoms with E-state index in [-0.39, 0.29) is 24.3 Å². The Labute approximate surface area is 146 Å². The highest BCUT2D eigenvalue weighted by Gasteiger charge is 2.32. The molecule has 0 aromatic heterocycles. The smallest absolute Gasteiger partial charge is 0.313 e. The summed E-state index contributed by atoms with van der Waals surface area (Å²) in [7, 11) is 3.79. The number of likely N-dealkylation sites (N-methyl/N-ethyl adjacent to an activating group) is 1. The second-order valence-corrected chi connectivity index (χ2v) is 6.96. The molecule has 1 atom stereocenters. The van der Waals surface area contributed by atoms with Crippen molar-refractivity contribution in [2.45, 2.75) is 38.0 Å². The molecule has 1 aromatic carbocycles. The Morgan fingerprint density at radius 3 is 2.39 bits per heavy atom. The number of carbonyl (C=O) groups is 1. The standard InChI is InChI=1S/C18H29N2O2.ClH/c1-20(2,19)13-14-22-18(21)17(15-9-5-3-6-10-15)16-11-7-4-8-12-16;/h3,5-6,9-10,16-17H,4,7-8,11-14,19H2,1-2H3;1H/q+1;/p-1. The lowest BCUT2D eigenvalue weighted by Crippen LogP contribution is -3.00. The summed E-state index contributed by atoms with van der Waals surface area (Å²) >= 11 is 0. The highest BCUT2D eigenvalue weighted by molar-refractivity contribution is 5.78. The number of halogens is 1. The summed E-state index contributed by atoms with van der Waals surface area (Å²) in [4.78, 5) is 12.7. The van der Waals surface area contributed by atoms with Crippen LogP contribution in [0.2, 0.25) is 0 Å². The molecule has 130 valence electrons. The van der Waals surface area contributed by atoms with Gasteiger partial charge in [-0.05, 0) is 24.3 Å². The van der Waals surface area contributed by atoms with E-state index in [0.717, 1.165) is 18.4 Å². The summed E-state index contributed by atoms with van der Waals surface area (Å²) in [5.74, 6) is 6.08. The molecule has 0 spiro atoms. The van der Waals surface area contributed by atoms with Crippen LogP contribution in [0.3, 0.4) is 0 Å². The van der Waals surface area contributed by atoms with Gasteiger partial charge in [0, 0.05) is 0 Å². The van der Waals surface area contributed by atoms with Crippen LogP contribution in [0.4, 0.5) is 0 Å². The molecule has 23 heavy (non-hydrogen) atoms. The number of rotatable bonds is 6. The van der Waals surface area contributed by atoms with Crippen molar-refractivity contribution in [2.24, 2.45) is 11.8 Å². The average molecular weight is 341 g/mol. The molecule has 2 N–H and O–H groups in total. The predicted octanol–water partition coefficient (Wildman–Crippen LogP) is -0.152. The number of hydrogen-bond acceptors (Lipinski definition) is 3. The Morgan fingerprint density at radius 2 is 1.83 bits per heavy atom. The Bertz CT molecular complexity index is 468. The van der Waals surface area contributed by atoms with Gasteiger partial charge in [0.2, 0.25) is 0 Å². The van der Waals surface area contributed by atoms with E-state index in [1.165, 1.54) is 19.3 Å². The fourth-order valence-corrected chi connectivity index (χ4v) is 3.20. The largest absolute Gasteiger partial charge is 1.00 e. The zero-order chi connectivity index (χ0) is 16.0. The third kappa shape index (κ3) is 6.50. The van der Waals surface area contributed by atoms with Crippen LogP contribution in [0.5, 0.6) is 0 Å². The van der Waals surface area contributed by atoms with Gasteiger partial charge in [-0.3, -0.25) is 9.39 Å². The number of ether oxygens (including phenoxy) is 1. The molecule has 1 aliphatic carbocycles. The van der Waals surface area contributed by atoms with Gasteiger partial charge in [0.25, 0.3) is 0 Å². The Kier molecular flexibility index (Phi) is 8.03. The van der Waals surface area contributed by atoms with Crippen LogP contribution in [-0.2, 0) is 9.53 Å². The van der Waals surface area contributed by atoms with E-state index in [9.17, 15) is 4.79 Å². The Hall–Kier alpha value is -1.10. The molecule has 0 radical (unpaired) electrons. The van der Waals surface area contributed by atoms with Gasteiger partial charge >= 0.3 is 5.97 Å². The summed E-state index contributed by atoms with van der Waals surface area (Å²) in [5.41, 5.74) is 1.08. The van der Waals surface area contributed by atoms with Gasteiger partial charge in [-0.1, -0.05) is 49.6 Å². The van der Waals surface area contributed by atoms with Gasteiger partial charge in [-0.2, -0.15) is 5.84 Å². The van der Waals surface area contributed by atoms with Crippen LogP contribution in [0.1, 0.15) is 43.6 Å². The first kappa shape index (κ1) is 19.9. The van der Waals surface area contributed by atoms with E-state index in [0.29, 0.717) is 23.7 Å². The molecular weight excluding hydrogens is 312 g/mol. The average Bonchev–Trinajstić information content (AvgIpc) is 2.48. The molecule has 1 fully saturated rings. The first-order chi connectivity index (χ1) is 10.5. The van der Waals surface area contributed by atoms with E-state index in [4.69, 9.17) is 10.6 Å². The van der Waals surface area contributed by atoms with Gasteiger partial charge in [0.05, 0.1) is 20.0 Å². The monoisotopic (exact) mass is 340 g/mol. The number of hydrogen-bond donors (Lipinski definition) is 1. The maximum Gasteiger partial charge on any atom is 0.313 e. The fourth-order valence-electron chi connectivity index (χ4n) is 3.20. The van der Waals surface area contributed by atoms with Crippen LogP contribution >= 0.6 is 0 Å². The molecule has 1 saturated carbocycles. The van der Waals surface area contributed by atoms with Crippen molar-refractivity contribution >= 4 is 5.97 Å². The lowest BCUT2D eigenvalue weighted by molar-refractivity contribution is -0.902. The SMILES string of the molecule is C[N+](C)(N)CCOC(=O)C(c1ccccc1)C1CCCCC1.[Cl-]. The zero-order valence-corrected chi connectivity index (χ0v) is 15.0. The highest BCUT2D eigenvalue weighted by Crippen LogP contribution is 2.36. The van der Waals surface area contributed by atoms with Gasteiger partial charge in [-0.25, -0.2) is 0 Å². The lowest BCUT2D eigenvalue weighted by Gasteiger charge is -2.29. The minimum absolute atomic E-state index is 0. The molecule has 0 aliphatic heterocycles. The number of nitrogens with zero attached hydrogens (tertiary/aromatic N) is 1. The van der Waals surface area contributed by atoms with Crippen LogP contribution in [0, 0.1) is 5.92 Å². The topological polar surface area (TPSA) is 52.3 Å². The third-order valence-corrected chi connectivity index (χ3v) is 4.45. The summed E-state index contributed by atoms with van der Waals surface area (Å²) in [6.07, 6.45) is 5.95. The van der Waals surface area contributed by atoms with Crippen molar-refractivity contribution < 1.29 is 26.5 Å². The second-order valence-electron chi connectivity index (χ2n) is 6.96. The number of quaternary nitrogens is 1. The highest BCUT2D eigenvalue weighted by atomic mass is 35.5. The van der Waals surface area contributed by atoms with Crippen LogP contribution in [0.15, 0.2) is 30.3 Å². The third-order valence-electron chi connectivity index (χ3n) is 4.45. The normalized spacial score (nSPS) is 17.2. The minimum atomic E-state index is -0.130. The van der Waals surface area contributed by atoms with Gasteiger partial charge < -0.3 is 17.1 Å². The molecule has 1 aliphatic rings. The first-order valence-corrected chi connectivity index (χ1v) is 8.30. The van der Waals surface area contributed by atoms with E-state index < -0.39 is 0 Å². The van der Waals surface area contributed by atoms with Crippen LogP contribution in [0.25, 0.3) is 0 Å². The molecule has 1 unspecified atom stereocenters. The fraction of sp³-hybridized carbons (Fsp3) is 0.611. The summed E-state index contributed by atoms with van der Waals surface area (Å²) in [6, 6.07) is 10.1. The molecular formula is C18H29ClN2O2. The maximum atomic E-state index is 12.7. The molecule has 1 aromatic rings. The Morgan fingerprint density at radius 1 is 1.22 bits per heavy atom. The van der Waals surface area contributed by atoms with Crippen molar-refractivity contribution in [3.63, 3.8) is 0 Å². The maximum absolute atomic E-state index is 12.7. The van der Waals surface area contributed by atoms with E-state index in [1.54, 1.807) is 0 Å². The molecule has 0 saturated heterocycles. The number of nitrogens with two attached hydrogens (primary N) is 1. The minimum Gasteiger partial charge on any atom is -1.00 e. The zero-order valence-electron chi connectivity index (χ0n) is 14.2. The lowest BCUT2D eigenvalue weighted by atomic mass is 9.77. The number of carbonyl (C=O) groups excluding carboxylic acids is 1. The van der Waals surface area contributed by atoms with Crippen LogP contribution < -0.4 is 18.2 Å². The van der Waals surface area contributed by atoms with Crippen molar-refractivity contribution in [3.8, 4) is 0 Å². The predicted molar refractivity (Wildman–Crippen MR) is 87.9 cm³/mol. The molecule has 5 heteroatoms. The summed E-state index contributed by atoms with van der Waals surface area (Å²) < 4.78 is 5.87. The first-order valence-electron chi connectivity index (χ1n) is 8.30. The second kappa shape index (κ2) is 9.26. The number of esters is 1. The molecule has 0 amide bonds. The van der Waals surface area contributed by atoms with E-state index >= 15 is 0 Å². The van der Waals surface area contributed by atoms with Gasteiger partial charge in [0.1, 0.15) is 13.2 Å². The van der Waals surface area contributed by atoms with Crippen LogP contribution in [-0.4, -0.2) is 37.8 Å². The van der Waals surface area contributed by atoms with Crippen molar-refractivity contribution in [2.75, 3.05) is 27.2 Å². The van der Waals surface area contributed by atoms with E-state index in [1.807, 2.05) is 44.4 Å². The Balaban J connectivity index is 0.00000264. The van der Waals surface area contributed by atoms with Gasteiger partial charge in [-0.15, -0.1) is 0 Å². The number of benzene rings is 1. The molecule has 4 nitrogen and oxygen atoms in total. The summed E-state index contributed by atoms with van der Waals surface area (Å²) in [6.45, 7) is 0.996. The molecule has 0 heterocycles. The van der Waals surface area contributed by atoms with Crippen molar-refractivity contribution in [1.29, 1.82) is 0 Å². The summed E-state index contributed by atoms with van der Waals surface area (Å²) in [5, 5.41) is 0. The van der Waals surface area contributed by atoms with Crippen molar-refractivity contribution in [1.82, 2.24) is 0 Å².